The lowest BCUT2D eigenvalue weighted by Gasteiger charge is -2.19. The van der Waals surface area contributed by atoms with Crippen molar-refractivity contribution in [3.63, 3.8) is 0 Å². The van der Waals surface area contributed by atoms with E-state index in [1.807, 2.05) is 13.8 Å². The van der Waals surface area contributed by atoms with E-state index in [0.717, 1.165) is 5.56 Å². The molecule has 0 atom stereocenters. The van der Waals surface area contributed by atoms with Crippen molar-refractivity contribution in [3.8, 4) is 0 Å². The fourth-order valence-electron chi connectivity index (χ4n) is 2.09. The minimum absolute atomic E-state index is 0.134. The topological polar surface area (TPSA) is 37.4 Å². The molecule has 0 aromatic heterocycles. The summed E-state index contributed by atoms with van der Waals surface area (Å²) in [6, 6.07) is 6.82. The Hall–Kier alpha value is -1.61. The number of hydrogen-bond donors (Lipinski definition) is 0. The monoisotopic (exact) mass is 263 g/mol. The van der Waals surface area contributed by atoms with Crippen LogP contribution >= 0.6 is 11.6 Å². The predicted molar refractivity (Wildman–Crippen MR) is 71.0 cm³/mol. The zero-order chi connectivity index (χ0) is 13.4. The van der Waals surface area contributed by atoms with Crippen LogP contribution in [0, 0.1) is 0 Å². The molecule has 0 spiro atoms. The van der Waals surface area contributed by atoms with Crippen LogP contribution in [0.25, 0.3) is 5.57 Å². The first-order valence-corrected chi connectivity index (χ1v) is 6.16. The third-order valence-corrected chi connectivity index (χ3v) is 3.25. The van der Waals surface area contributed by atoms with Gasteiger partial charge in [0.1, 0.15) is 0 Å². The Kier molecular flexibility index (Phi) is 3.26. The summed E-state index contributed by atoms with van der Waals surface area (Å²) in [5.74, 6) is -0.435. The molecule has 1 aromatic carbocycles. The van der Waals surface area contributed by atoms with E-state index in [1.165, 1.54) is 4.90 Å². The van der Waals surface area contributed by atoms with Gasteiger partial charge in [0.25, 0.3) is 11.8 Å². The van der Waals surface area contributed by atoms with Gasteiger partial charge in [-0.1, -0.05) is 23.7 Å². The lowest BCUT2D eigenvalue weighted by molar-refractivity contribution is -0.138. The second kappa shape index (κ2) is 4.58. The van der Waals surface area contributed by atoms with Crippen molar-refractivity contribution < 1.29 is 9.59 Å². The average Bonchev–Trinajstić information content (AvgIpc) is 2.52. The van der Waals surface area contributed by atoms with E-state index >= 15 is 0 Å². The summed E-state index contributed by atoms with van der Waals surface area (Å²) in [6.07, 6.45) is 0. The van der Waals surface area contributed by atoms with E-state index in [1.54, 1.807) is 31.2 Å². The fraction of sp³-hybridized carbons (Fsp3) is 0.286. The van der Waals surface area contributed by atoms with Crippen molar-refractivity contribution >= 4 is 29.0 Å². The molecule has 0 unspecified atom stereocenters. The van der Waals surface area contributed by atoms with Gasteiger partial charge in [0.15, 0.2) is 0 Å². The van der Waals surface area contributed by atoms with E-state index in [4.69, 9.17) is 11.6 Å². The maximum absolute atomic E-state index is 12.3. The van der Waals surface area contributed by atoms with E-state index in [0.29, 0.717) is 16.2 Å². The minimum Gasteiger partial charge on any atom is -0.272 e. The largest absolute Gasteiger partial charge is 0.272 e. The summed E-state index contributed by atoms with van der Waals surface area (Å²) >= 11 is 5.82. The standard InChI is InChI=1S/C14H14ClNO2/c1-8(2)16-13(17)9(3)12(14(16)18)10-4-6-11(15)7-5-10/h4-8H,1-3H3. The molecule has 0 radical (unpaired) electrons. The SMILES string of the molecule is CC1=C(c2ccc(Cl)cc2)C(=O)N(C(C)C)C1=O. The first kappa shape index (κ1) is 12.8. The number of halogens is 1. The first-order valence-electron chi connectivity index (χ1n) is 5.78. The number of benzene rings is 1. The normalized spacial score (nSPS) is 16.2. The van der Waals surface area contributed by atoms with Crippen LogP contribution < -0.4 is 0 Å². The zero-order valence-electron chi connectivity index (χ0n) is 10.5. The molecule has 0 saturated carbocycles. The third kappa shape index (κ3) is 1.95. The molecular weight excluding hydrogens is 250 g/mol. The third-order valence-electron chi connectivity index (χ3n) is 3.00. The van der Waals surface area contributed by atoms with Gasteiger partial charge in [0.05, 0.1) is 5.57 Å². The Bertz CT molecular complexity index is 543. The molecule has 18 heavy (non-hydrogen) atoms. The number of rotatable bonds is 2. The molecule has 1 aromatic rings. The second-order valence-electron chi connectivity index (χ2n) is 4.58. The van der Waals surface area contributed by atoms with Gasteiger partial charge in [0.2, 0.25) is 0 Å². The van der Waals surface area contributed by atoms with Crippen molar-refractivity contribution in [1.29, 1.82) is 0 Å². The molecule has 2 amide bonds. The van der Waals surface area contributed by atoms with Gasteiger partial charge in [-0.15, -0.1) is 0 Å². The van der Waals surface area contributed by atoms with Crippen LogP contribution in [0.1, 0.15) is 26.3 Å². The Morgan fingerprint density at radius 1 is 1.06 bits per heavy atom. The average molecular weight is 264 g/mol. The Balaban J connectivity index is 2.48. The molecule has 4 heteroatoms. The number of hydrogen-bond acceptors (Lipinski definition) is 2. The summed E-state index contributed by atoms with van der Waals surface area (Å²) < 4.78 is 0. The molecular formula is C14H14ClNO2. The van der Waals surface area contributed by atoms with Crippen molar-refractivity contribution in [1.82, 2.24) is 4.90 Å². The van der Waals surface area contributed by atoms with Crippen LogP contribution in [0.5, 0.6) is 0 Å². The highest BCUT2D eigenvalue weighted by Gasteiger charge is 2.37. The summed E-state index contributed by atoms with van der Waals surface area (Å²) in [5.41, 5.74) is 1.71. The van der Waals surface area contributed by atoms with Crippen LogP contribution in [0.3, 0.4) is 0 Å². The van der Waals surface area contributed by atoms with Crippen LogP contribution in [0.4, 0.5) is 0 Å². The summed E-state index contributed by atoms with van der Waals surface area (Å²) in [7, 11) is 0. The summed E-state index contributed by atoms with van der Waals surface area (Å²) in [6.45, 7) is 5.34. The molecule has 1 aliphatic rings. The van der Waals surface area contributed by atoms with Crippen LogP contribution in [-0.2, 0) is 9.59 Å². The van der Waals surface area contributed by atoms with Crippen molar-refractivity contribution in [3.05, 3.63) is 40.4 Å². The Morgan fingerprint density at radius 2 is 1.61 bits per heavy atom. The van der Waals surface area contributed by atoms with Gasteiger partial charge in [-0.05, 0) is 38.5 Å². The summed E-state index contributed by atoms with van der Waals surface area (Å²) in [5, 5.41) is 0.606. The molecule has 3 nitrogen and oxygen atoms in total. The van der Waals surface area contributed by atoms with Crippen molar-refractivity contribution in [2.24, 2.45) is 0 Å². The maximum Gasteiger partial charge on any atom is 0.262 e. The highest BCUT2D eigenvalue weighted by Crippen LogP contribution is 2.30. The lowest BCUT2D eigenvalue weighted by Crippen LogP contribution is -2.37. The number of carbonyl (C=O) groups excluding carboxylic acids is 2. The van der Waals surface area contributed by atoms with Crippen LogP contribution in [0.15, 0.2) is 29.8 Å². The molecule has 0 fully saturated rings. The minimum atomic E-state index is -0.227. The number of carbonyl (C=O) groups is 2. The quantitative estimate of drug-likeness (QED) is 0.770. The maximum atomic E-state index is 12.3. The van der Waals surface area contributed by atoms with Gasteiger partial charge in [-0.25, -0.2) is 0 Å². The number of imide groups is 1. The molecule has 0 saturated heterocycles. The Morgan fingerprint density at radius 3 is 2.06 bits per heavy atom. The fourth-order valence-corrected chi connectivity index (χ4v) is 2.21. The second-order valence-corrected chi connectivity index (χ2v) is 5.02. The van der Waals surface area contributed by atoms with Crippen molar-refractivity contribution in [2.75, 3.05) is 0 Å². The first-order chi connectivity index (χ1) is 8.43. The smallest absolute Gasteiger partial charge is 0.262 e. The van der Waals surface area contributed by atoms with Crippen LogP contribution in [-0.4, -0.2) is 22.8 Å². The molecule has 0 N–H and O–H groups in total. The zero-order valence-corrected chi connectivity index (χ0v) is 11.3. The highest BCUT2D eigenvalue weighted by molar-refractivity contribution is 6.36. The molecule has 2 rings (SSSR count). The van der Waals surface area contributed by atoms with E-state index in [9.17, 15) is 9.59 Å². The highest BCUT2D eigenvalue weighted by atomic mass is 35.5. The molecule has 94 valence electrons. The molecule has 1 heterocycles. The van der Waals surface area contributed by atoms with E-state index < -0.39 is 0 Å². The Labute approximate surface area is 111 Å². The molecule has 1 aliphatic heterocycles. The number of amides is 2. The predicted octanol–water partition coefficient (Wildman–Crippen LogP) is 2.89. The van der Waals surface area contributed by atoms with Gasteiger partial charge in [0, 0.05) is 16.6 Å². The van der Waals surface area contributed by atoms with E-state index in [2.05, 4.69) is 0 Å². The summed E-state index contributed by atoms with van der Waals surface area (Å²) in [4.78, 5) is 25.6. The van der Waals surface area contributed by atoms with Gasteiger partial charge in [-0.3, -0.25) is 14.5 Å². The van der Waals surface area contributed by atoms with Crippen molar-refractivity contribution in [2.45, 2.75) is 26.8 Å². The van der Waals surface area contributed by atoms with Gasteiger partial charge < -0.3 is 0 Å². The van der Waals surface area contributed by atoms with E-state index in [-0.39, 0.29) is 17.9 Å². The molecule has 0 bridgehead atoms. The van der Waals surface area contributed by atoms with Gasteiger partial charge >= 0.3 is 0 Å². The lowest BCUT2D eigenvalue weighted by atomic mass is 10.0. The van der Waals surface area contributed by atoms with Gasteiger partial charge in [-0.2, -0.15) is 0 Å². The number of nitrogens with zero attached hydrogens (tertiary/aromatic N) is 1. The van der Waals surface area contributed by atoms with Crippen LogP contribution in [0.2, 0.25) is 5.02 Å². The molecule has 0 aliphatic carbocycles.